The molecule has 2 N–H and O–H groups in total. The number of methoxy groups -OCH3 is 1. The smallest absolute Gasteiger partial charge is 0.339 e. The van der Waals surface area contributed by atoms with Gasteiger partial charge in [-0.05, 0) is 94.1 Å². The largest absolute Gasteiger partial charge is 0.492 e. The third-order valence-electron chi connectivity index (χ3n) is 14.8. The van der Waals surface area contributed by atoms with E-state index in [1.165, 1.54) is 19.2 Å². The van der Waals surface area contributed by atoms with Gasteiger partial charge >= 0.3 is 5.97 Å². The number of carbonyl (C=O) groups is 3. The number of carbonyl (C=O) groups excluding carboxylic acids is 3. The van der Waals surface area contributed by atoms with Gasteiger partial charge in [0.05, 0.1) is 36.1 Å². The van der Waals surface area contributed by atoms with Crippen LogP contribution in [0.2, 0.25) is 0 Å². The first-order valence-corrected chi connectivity index (χ1v) is 20.7. The molecule has 5 aliphatic carbocycles. The van der Waals surface area contributed by atoms with Crippen molar-refractivity contribution in [2.24, 2.45) is 28.6 Å². The number of hydrogen-bond donors (Lipinski definition) is 2. The van der Waals surface area contributed by atoms with E-state index in [0.717, 1.165) is 24.8 Å². The quantitative estimate of drug-likeness (QED) is 0.255. The molecule has 10 nitrogen and oxygen atoms in total. The van der Waals surface area contributed by atoms with Crippen LogP contribution in [0.5, 0.6) is 5.75 Å². The van der Waals surface area contributed by atoms with E-state index in [4.69, 9.17) is 9.47 Å². The molecule has 1 saturated heterocycles. The lowest BCUT2D eigenvalue weighted by Crippen LogP contribution is -2.62. The molecule has 8 atom stereocenters. The van der Waals surface area contributed by atoms with Gasteiger partial charge in [-0.2, -0.15) is 0 Å². The summed E-state index contributed by atoms with van der Waals surface area (Å²) in [7, 11) is 1.49. The molecule has 2 heterocycles. The number of aliphatic hydroxyl groups is 1. The SMILES string of the molecule is COc1c(N2CCNC(C)C2)c(F)cc2c(=O)cc(CC(=O)[C@]3(OC(=O)c4ccccc4)CC[C@@H]4[C@H]5CCC6=CC(=O)C=C[C@@]6(C)C5[C@H](O)C[C@]43C)n(C3CC3)c12. The first-order valence-electron chi connectivity index (χ1n) is 20.7. The number of anilines is 1. The number of piperazine rings is 1. The average molecular weight is 778 g/mol. The van der Waals surface area contributed by atoms with Crippen LogP contribution in [0.1, 0.15) is 87.8 Å². The zero-order valence-corrected chi connectivity index (χ0v) is 33.2. The highest BCUT2D eigenvalue weighted by molar-refractivity contribution is 6.01. The Morgan fingerprint density at radius 1 is 1.07 bits per heavy atom. The molecule has 0 amide bonds. The monoisotopic (exact) mass is 777 g/mol. The van der Waals surface area contributed by atoms with Crippen molar-refractivity contribution in [2.75, 3.05) is 31.6 Å². The lowest BCUT2D eigenvalue weighted by Gasteiger charge is -2.59. The Labute approximate surface area is 332 Å². The first-order chi connectivity index (χ1) is 27.3. The summed E-state index contributed by atoms with van der Waals surface area (Å²) in [6, 6.07) is 11.5. The Bertz CT molecular complexity index is 2300. The van der Waals surface area contributed by atoms with E-state index in [-0.39, 0.29) is 71.8 Å². The van der Waals surface area contributed by atoms with E-state index in [0.29, 0.717) is 54.9 Å². The van der Waals surface area contributed by atoms with E-state index in [9.17, 15) is 19.5 Å². The lowest BCUT2D eigenvalue weighted by atomic mass is 9.46. The Hall–Kier alpha value is -4.61. The number of esters is 1. The highest BCUT2D eigenvalue weighted by Crippen LogP contribution is 2.68. The molecule has 300 valence electrons. The molecule has 0 bridgehead atoms. The lowest BCUT2D eigenvalue weighted by molar-refractivity contribution is -0.177. The summed E-state index contributed by atoms with van der Waals surface area (Å²) in [5, 5.41) is 15.8. The number of nitrogens with one attached hydrogen (secondary N) is 1. The van der Waals surface area contributed by atoms with Crippen molar-refractivity contribution >= 4 is 34.1 Å². The number of aliphatic hydroxyl groups excluding tert-OH is 1. The van der Waals surface area contributed by atoms with Crippen LogP contribution < -0.4 is 20.4 Å². The number of Topliss-reactive ketones (excluding diaryl/α,β-unsaturated/α-hetero) is 1. The van der Waals surface area contributed by atoms with Crippen LogP contribution in [0.4, 0.5) is 10.1 Å². The average Bonchev–Trinajstić information content (AvgIpc) is 3.98. The molecular formula is C46H52FN3O7. The molecule has 2 unspecified atom stereocenters. The standard InChI is InChI=1S/C46H52FN3O7/c1-26-25-49(19-18-48-26)41-35(47)23-33-36(52)21-30(50(29-11-12-29)40(33)42(41)56-4)22-38(54)46(57-43(55)27-8-6-5-7-9-27)17-15-34-32-13-10-28-20-31(51)14-16-44(28,2)39(32)37(53)24-45(34,46)3/h5-9,14,16,20-21,23,26,29,32,34,37,39,48,53H,10-13,15,17-19,22,24-25H2,1-4H3/t26?,32-,34-,37-,39?,44-,45-,46-/m1/s1. The van der Waals surface area contributed by atoms with Gasteiger partial charge in [-0.1, -0.05) is 43.7 Å². The molecule has 6 aliphatic rings. The van der Waals surface area contributed by atoms with Gasteiger partial charge < -0.3 is 29.4 Å². The second kappa shape index (κ2) is 13.8. The van der Waals surface area contributed by atoms with Crippen LogP contribution in [0.15, 0.2) is 71.1 Å². The third kappa shape index (κ3) is 5.85. The van der Waals surface area contributed by atoms with Crippen molar-refractivity contribution in [2.45, 2.75) is 95.9 Å². The van der Waals surface area contributed by atoms with Crippen LogP contribution in [-0.4, -0.2) is 71.7 Å². The summed E-state index contributed by atoms with van der Waals surface area (Å²) in [6.45, 7) is 7.94. The number of ether oxygens (including phenoxy) is 2. The summed E-state index contributed by atoms with van der Waals surface area (Å²) in [5.41, 5.74) is -0.858. The molecule has 1 aromatic heterocycles. The minimum atomic E-state index is -1.61. The molecule has 9 rings (SSSR count). The predicted molar refractivity (Wildman–Crippen MR) is 214 cm³/mol. The fourth-order valence-electron chi connectivity index (χ4n) is 12.1. The van der Waals surface area contributed by atoms with Crippen molar-refractivity contribution in [3.8, 4) is 5.75 Å². The number of fused-ring (bicyclic) bond motifs is 6. The minimum absolute atomic E-state index is 0.0134. The van der Waals surface area contributed by atoms with Gasteiger partial charge in [0, 0.05) is 60.2 Å². The van der Waals surface area contributed by atoms with Crippen molar-refractivity contribution < 1.29 is 33.4 Å². The van der Waals surface area contributed by atoms with Crippen LogP contribution in [0.25, 0.3) is 10.9 Å². The molecule has 5 fully saturated rings. The Morgan fingerprint density at radius 2 is 1.84 bits per heavy atom. The van der Waals surface area contributed by atoms with Crippen molar-refractivity contribution in [1.82, 2.24) is 9.88 Å². The highest BCUT2D eigenvalue weighted by Gasteiger charge is 2.70. The molecule has 0 spiro atoms. The zero-order valence-electron chi connectivity index (χ0n) is 33.2. The number of halogens is 1. The Morgan fingerprint density at radius 3 is 2.56 bits per heavy atom. The van der Waals surface area contributed by atoms with Gasteiger partial charge in [-0.15, -0.1) is 0 Å². The molecular weight excluding hydrogens is 726 g/mol. The van der Waals surface area contributed by atoms with Crippen LogP contribution >= 0.6 is 0 Å². The van der Waals surface area contributed by atoms with E-state index in [1.54, 1.807) is 36.4 Å². The van der Waals surface area contributed by atoms with Gasteiger partial charge in [-0.3, -0.25) is 14.4 Å². The molecule has 57 heavy (non-hydrogen) atoms. The Balaban J connectivity index is 1.15. The molecule has 4 saturated carbocycles. The number of ketones is 2. The fraction of sp³-hybridized carbons (Fsp3) is 0.522. The number of hydrogen-bond acceptors (Lipinski definition) is 9. The van der Waals surface area contributed by atoms with E-state index in [2.05, 4.69) is 12.2 Å². The second-order valence-electron chi connectivity index (χ2n) is 18.0. The molecule has 3 aromatic rings. The summed E-state index contributed by atoms with van der Waals surface area (Å²) in [6.07, 6.45) is 8.46. The van der Waals surface area contributed by atoms with Gasteiger partial charge in [0.15, 0.2) is 34.2 Å². The van der Waals surface area contributed by atoms with Crippen LogP contribution in [0, 0.1) is 34.4 Å². The molecule has 1 aliphatic heterocycles. The van der Waals surface area contributed by atoms with Crippen molar-refractivity contribution in [3.63, 3.8) is 0 Å². The van der Waals surface area contributed by atoms with E-state index < -0.39 is 39.8 Å². The number of nitrogens with zero attached hydrogens (tertiary/aromatic N) is 2. The van der Waals surface area contributed by atoms with Crippen LogP contribution in [0.3, 0.4) is 0 Å². The molecule has 0 radical (unpaired) electrons. The van der Waals surface area contributed by atoms with E-state index in [1.807, 2.05) is 35.5 Å². The number of allylic oxidation sites excluding steroid dienone is 4. The number of aromatic nitrogens is 1. The first kappa shape index (κ1) is 37.9. The maximum atomic E-state index is 16.1. The predicted octanol–water partition coefficient (Wildman–Crippen LogP) is 6.27. The minimum Gasteiger partial charge on any atom is -0.492 e. The topological polar surface area (TPSA) is 127 Å². The molecule has 2 aromatic carbocycles. The van der Waals surface area contributed by atoms with Crippen molar-refractivity contribution in [1.29, 1.82) is 0 Å². The molecule has 11 heteroatoms. The Kier molecular flexibility index (Phi) is 9.16. The van der Waals surface area contributed by atoms with Gasteiger partial charge in [0.25, 0.3) is 0 Å². The maximum absolute atomic E-state index is 16.1. The summed E-state index contributed by atoms with van der Waals surface area (Å²) < 4.78 is 30.7. The fourth-order valence-corrected chi connectivity index (χ4v) is 12.1. The third-order valence-corrected chi connectivity index (χ3v) is 14.8. The summed E-state index contributed by atoms with van der Waals surface area (Å²) in [4.78, 5) is 58.1. The van der Waals surface area contributed by atoms with Gasteiger partial charge in [-0.25, -0.2) is 9.18 Å². The normalized spacial score (nSPS) is 33.3. The van der Waals surface area contributed by atoms with Crippen LogP contribution in [-0.2, 0) is 20.7 Å². The number of pyridine rings is 1. The number of rotatable bonds is 8. The zero-order chi connectivity index (χ0) is 40.0. The van der Waals surface area contributed by atoms with Gasteiger partial charge in [0.2, 0.25) is 0 Å². The summed E-state index contributed by atoms with van der Waals surface area (Å²) in [5.74, 6) is -1.44. The van der Waals surface area contributed by atoms with Crippen molar-refractivity contribution in [3.05, 3.63) is 93.6 Å². The maximum Gasteiger partial charge on any atom is 0.339 e. The summed E-state index contributed by atoms with van der Waals surface area (Å²) >= 11 is 0. The highest BCUT2D eigenvalue weighted by atomic mass is 19.1. The second-order valence-corrected chi connectivity index (χ2v) is 18.0. The van der Waals surface area contributed by atoms with Gasteiger partial charge in [0.1, 0.15) is 5.69 Å². The van der Waals surface area contributed by atoms with E-state index >= 15 is 9.18 Å². The number of benzene rings is 2.